The standard InChI is InChI=1S/C20H13N4S.C15H11N4O.C15H11N4S.C14H8N3OS.C14H8N3S2/c1-2-5-13(6-3-1)24-17-8-10-21-11-15(17)18-20(24)25-19-14-7-4-9-22-16(14)12-23(18)19;2*1-18-12-4-6-16-7-10(12)13-15(18)20-14-9-3-2-5-17-11(9)8-19(13)14;2*1-2-8-10(16-4-1)7-17-12-9-6-15-5-3-11(9)18-14(12)19-13(8)17/h1-11H,12H2;2*2-7H,8H2,1H3;2*1-6H,7H2/q5*+1/i;1D3;;;. The van der Waals surface area contributed by atoms with Gasteiger partial charge in [-0.3, -0.25) is 54.4 Å². The van der Waals surface area contributed by atoms with Gasteiger partial charge in [0.1, 0.15) is 45.0 Å². The first-order valence-corrected chi connectivity index (χ1v) is 37.2. The Hall–Kier alpha value is -12.1. The zero-order valence-corrected chi connectivity index (χ0v) is 58.2. The number of benzene rings is 1. The van der Waals surface area contributed by atoms with Gasteiger partial charge in [0.15, 0.2) is 46.4 Å². The SMILES string of the molecule is Cn1c2ccncc2c2c1sc1[n+]2Cc2ncccc2-1.[2H]C([2H])([2H])n1c2ccncc2c2c1oc1[n+]2Cc2ncccc2-1.c1ccc(-n2c3ccncc3c3c2sc2[n+]3Cc3ncccc3-2)cc1.c1cnc2c(c1)-c1sc3oc4ccncc4c3[n+]1C2.c1cnc2c(c1)-c1sc3sc4ccncc4c3[n+]1C2. The predicted octanol–water partition coefficient (Wildman–Crippen LogP) is 14.5. The third-order valence-corrected chi connectivity index (χ3v) is 25.9. The van der Waals surface area contributed by atoms with Crippen molar-refractivity contribution >= 4 is 162 Å². The fourth-order valence-corrected chi connectivity index (χ4v) is 21.8. The second kappa shape index (κ2) is 22.7. The number of nitrogens with zero attached hydrogens (tertiary/aromatic N) is 18. The Labute approximate surface area is 606 Å². The van der Waals surface area contributed by atoms with Gasteiger partial charge >= 0.3 is 5.89 Å². The Morgan fingerprint density at radius 1 is 0.379 bits per heavy atom. The molecule has 5 aliphatic rings. The highest BCUT2D eigenvalue weighted by Gasteiger charge is 2.41. The molecule has 0 aliphatic carbocycles. The van der Waals surface area contributed by atoms with Crippen LogP contribution in [0.25, 0.3) is 165 Å². The molecule has 20 aromatic heterocycles. The Kier molecular flexibility index (Phi) is 12.3. The van der Waals surface area contributed by atoms with Crippen LogP contribution in [0.1, 0.15) is 32.6 Å². The zero-order chi connectivity index (χ0) is 70.2. The lowest BCUT2D eigenvalue weighted by atomic mass is 10.2. The van der Waals surface area contributed by atoms with Crippen LogP contribution in [0.4, 0.5) is 0 Å². The smallest absolute Gasteiger partial charge is 0.385 e. The number of para-hydroxylation sites is 1. The van der Waals surface area contributed by atoms with Crippen molar-refractivity contribution in [2.75, 3.05) is 0 Å². The summed E-state index contributed by atoms with van der Waals surface area (Å²) in [5.74, 6) is 0.641. The summed E-state index contributed by atoms with van der Waals surface area (Å²) < 4.78 is 55.4. The maximum Gasteiger partial charge on any atom is 0.385 e. The number of furan rings is 1. The van der Waals surface area contributed by atoms with E-state index in [1.807, 2.05) is 161 Å². The van der Waals surface area contributed by atoms with Crippen LogP contribution in [0.3, 0.4) is 0 Å². The number of fused-ring (bicyclic) bond motifs is 35. The summed E-state index contributed by atoms with van der Waals surface area (Å²) in [5.41, 5.74) is 22.7. The van der Waals surface area contributed by atoms with Gasteiger partial charge in [-0.2, -0.15) is 18.3 Å². The molecule has 0 unspecified atom stereocenters. The maximum absolute atomic E-state index is 7.85. The lowest BCUT2D eigenvalue weighted by Crippen LogP contribution is -2.30. The fourth-order valence-electron chi connectivity index (χ4n) is 15.4. The fraction of sp³-hybridized carbons (Fsp3) is 0.0897. The molecule has 5 aliphatic heterocycles. The van der Waals surface area contributed by atoms with E-state index < -0.39 is 6.98 Å². The maximum atomic E-state index is 7.85. The summed E-state index contributed by atoms with van der Waals surface area (Å²) in [4.78, 5) is 47.2. The molecule has 0 saturated carbocycles. The van der Waals surface area contributed by atoms with Gasteiger partial charge in [0.25, 0.3) is 52.7 Å². The van der Waals surface area contributed by atoms with Crippen molar-refractivity contribution in [3.8, 4) is 59.4 Å². The molecule has 0 amide bonds. The summed E-state index contributed by atoms with van der Waals surface area (Å²) in [6, 6.07) is 40.9. The van der Waals surface area contributed by atoms with Crippen molar-refractivity contribution in [2.24, 2.45) is 14.0 Å². The number of hydrogen-bond acceptors (Lipinski definition) is 17. The second-order valence-electron chi connectivity index (χ2n) is 25.4. The number of oxazole rings is 1. The molecule has 0 spiro atoms. The van der Waals surface area contributed by atoms with Gasteiger partial charge in [-0.25, -0.2) is 0 Å². The monoisotopic (exact) mass is 1430 g/mol. The van der Waals surface area contributed by atoms with Gasteiger partial charge in [-0.15, -0.1) is 15.9 Å². The van der Waals surface area contributed by atoms with Crippen molar-refractivity contribution in [3.05, 3.63) is 243 Å². The quantitative estimate of drug-likeness (QED) is 0.142. The first-order chi connectivity index (χ1) is 52.1. The number of thiophene rings is 1. The van der Waals surface area contributed by atoms with E-state index in [-0.39, 0.29) is 0 Å². The number of aromatic nitrogens is 18. The van der Waals surface area contributed by atoms with Crippen LogP contribution < -0.4 is 22.8 Å². The van der Waals surface area contributed by atoms with E-state index in [1.54, 1.807) is 42.2 Å². The Morgan fingerprint density at radius 3 is 1.47 bits per heavy atom. The third kappa shape index (κ3) is 8.73. The molecule has 0 atom stereocenters. The van der Waals surface area contributed by atoms with Gasteiger partial charge in [0.05, 0.1) is 60.3 Å². The molecule has 20 nitrogen and oxygen atoms in total. The minimum atomic E-state index is -2.33. The van der Waals surface area contributed by atoms with Crippen molar-refractivity contribution < 1.29 is 35.8 Å². The Bertz CT molecular complexity index is 7100. The largest absolute Gasteiger partial charge is 0.439 e. The number of rotatable bonds is 1. The van der Waals surface area contributed by atoms with E-state index in [4.69, 9.17) is 12.9 Å². The summed E-state index contributed by atoms with van der Waals surface area (Å²) in [6.07, 6.45) is 27.6. The van der Waals surface area contributed by atoms with Gasteiger partial charge in [0, 0.05) is 128 Å². The van der Waals surface area contributed by atoms with Crippen LogP contribution >= 0.6 is 56.7 Å². The van der Waals surface area contributed by atoms with Gasteiger partial charge in [0.2, 0.25) is 5.52 Å². The first-order valence-electron chi connectivity index (χ1n) is 34.7. The van der Waals surface area contributed by atoms with Gasteiger partial charge in [-0.05, 0) is 131 Å². The van der Waals surface area contributed by atoms with Crippen LogP contribution in [0, 0.1) is 0 Å². The van der Waals surface area contributed by atoms with Crippen LogP contribution in [-0.4, -0.2) is 63.5 Å². The molecule has 26 rings (SSSR count). The third-order valence-electron chi connectivity index (χ3n) is 19.9. The van der Waals surface area contributed by atoms with Crippen molar-refractivity contribution in [1.82, 2.24) is 63.5 Å². The molecule has 21 aromatic rings. The Morgan fingerprint density at radius 2 is 0.845 bits per heavy atom. The van der Waals surface area contributed by atoms with Crippen LogP contribution in [0.5, 0.6) is 0 Å². The van der Waals surface area contributed by atoms with E-state index >= 15 is 0 Å². The van der Waals surface area contributed by atoms with Crippen LogP contribution in [-0.2, 0) is 46.7 Å². The highest BCUT2D eigenvalue weighted by atomic mass is 32.2. The highest BCUT2D eigenvalue weighted by molar-refractivity contribution is 7.42. The predicted molar refractivity (Wildman–Crippen MR) is 400 cm³/mol. The van der Waals surface area contributed by atoms with E-state index in [9.17, 15) is 0 Å². The average Bonchev–Trinajstić information content (AvgIpc) is 1.57. The molecular weight excluding hydrogens is 1380 g/mol. The minimum Gasteiger partial charge on any atom is -0.439 e. The van der Waals surface area contributed by atoms with Crippen molar-refractivity contribution in [1.29, 1.82) is 0 Å². The lowest BCUT2D eigenvalue weighted by molar-refractivity contribution is -0.649. The van der Waals surface area contributed by atoms with Gasteiger partial charge < -0.3 is 18.0 Å². The molecule has 1 aromatic carbocycles. The Balaban J connectivity index is 0.0000000830. The topological polar surface area (TPSA) is 189 Å². The van der Waals surface area contributed by atoms with E-state index in [0.29, 0.717) is 23.7 Å². The van der Waals surface area contributed by atoms with Crippen LogP contribution in [0.2, 0.25) is 0 Å². The van der Waals surface area contributed by atoms with E-state index in [1.165, 1.54) is 126 Å². The highest BCUT2D eigenvalue weighted by Crippen LogP contribution is 2.45. The van der Waals surface area contributed by atoms with Crippen molar-refractivity contribution in [2.45, 2.75) is 32.7 Å². The second-order valence-corrected chi connectivity index (χ2v) is 30.6. The number of aryl methyl sites for hydroxylation is 2. The molecule has 0 bridgehead atoms. The molecule has 0 saturated heterocycles. The van der Waals surface area contributed by atoms with Gasteiger partial charge in [-0.1, -0.05) is 29.5 Å². The molecule has 25 heterocycles. The average molecular weight is 1440 g/mol. The normalized spacial score (nSPS) is 13.5. The minimum absolute atomic E-state index is 0.345. The summed E-state index contributed by atoms with van der Waals surface area (Å²) in [7, 11) is 2.13. The molecule has 0 N–H and O–H groups in total. The number of pyridine rings is 10. The zero-order valence-electron chi connectivity index (χ0n) is 57.2. The van der Waals surface area contributed by atoms with E-state index in [0.717, 1.165) is 81.1 Å². The lowest BCUT2D eigenvalue weighted by Gasteiger charge is -2.04. The van der Waals surface area contributed by atoms with Crippen LogP contribution in [0.15, 0.2) is 223 Å². The molecule has 0 radical (unpaired) electrons. The molecule has 103 heavy (non-hydrogen) atoms. The molecule has 25 heteroatoms. The summed E-state index contributed by atoms with van der Waals surface area (Å²) in [5, 5.41) is 10.7. The summed E-state index contributed by atoms with van der Waals surface area (Å²) in [6.45, 7) is 1.62. The van der Waals surface area contributed by atoms with E-state index in [2.05, 4.69) is 157 Å². The van der Waals surface area contributed by atoms with Crippen molar-refractivity contribution in [3.63, 3.8) is 0 Å². The number of thiazole rings is 4. The molecule has 490 valence electrons. The summed E-state index contributed by atoms with van der Waals surface area (Å²) >= 11 is 9.08. The number of hydrogen-bond donors (Lipinski definition) is 0. The first kappa shape index (κ1) is 55.6. The molecule has 0 fully saturated rings. The molecular formula is C78H51N18O2S5+5.